The second-order valence-electron chi connectivity index (χ2n) is 12.6. The number of alkyl halides is 3. The van der Waals surface area contributed by atoms with Crippen LogP contribution in [0.1, 0.15) is 47.6 Å². The minimum atomic E-state index is -4.45. The summed E-state index contributed by atoms with van der Waals surface area (Å²) in [7, 11) is 0. The van der Waals surface area contributed by atoms with Gasteiger partial charge in [0.1, 0.15) is 11.8 Å². The predicted molar refractivity (Wildman–Crippen MR) is 190 cm³/mol. The summed E-state index contributed by atoms with van der Waals surface area (Å²) in [6, 6.07) is 31.2. The molecule has 262 valence electrons. The molecule has 0 bridgehead atoms. The fourth-order valence-electron chi connectivity index (χ4n) is 5.96. The van der Waals surface area contributed by atoms with Gasteiger partial charge in [-0.2, -0.15) is 13.2 Å². The SMILES string of the molecule is CCCCOc1ccc(CN(C(=O)/C=C/c2ccc(C(F)(F)F)cc2)[C@@H](Cc2ccccc2)C(=O)N2CCN(Cc3ccccc3)CC2)cc1. The van der Waals surface area contributed by atoms with Crippen molar-refractivity contribution >= 4 is 17.9 Å². The van der Waals surface area contributed by atoms with Crippen LogP contribution >= 0.6 is 0 Å². The van der Waals surface area contributed by atoms with Crippen molar-refractivity contribution in [3.05, 3.63) is 143 Å². The highest BCUT2D eigenvalue weighted by atomic mass is 19.4. The van der Waals surface area contributed by atoms with Crippen molar-refractivity contribution in [2.75, 3.05) is 32.8 Å². The van der Waals surface area contributed by atoms with E-state index in [4.69, 9.17) is 4.74 Å². The lowest BCUT2D eigenvalue weighted by Crippen LogP contribution is -2.56. The van der Waals surface area contributed by atoms with Gasteiger partial charge in [-0.3, -0.25) is 14.5 Å². The molecule has 1 heterocycles. The molecule has 0 N–H and O–H groups in total. The minimum absolute atomic E-state index is 0.135. The van der Waals surface area contributed by atoms with Crippen LogP contribution in [-0.2, 0) is 35.3 Å². The largest absolute Gasteiger partial charge is 0.494 e. The number of hydrogen-bond acceptors (Lipinski definition) is 4. The van der Waals surface area contributed by atoms with Crippen molar-refractivity contribution in [2.24, 2.45) is 0 Å². The highest BCUT2D eigenvalue weighted by molar-refractivity contribution is 5.95. The molecular formula is C41H44F3N3O3. The normalized spacial score (nSPS) is 14.4. The molecule has 0 unspecified atom stereocenters. The Kier molecular flexibility index (Phi) is 12.9. The molecule has 0 aromatic heterocycles. The van der Waals surface area contributed by atoms with Crippen LogP contribution in [0.2, 0.25) is 0 Å². The number of benzene rings is 4. The van der Waals surface area contributed by atoms with Crippen molar-refractivity contribution in [1.82, 2.24) is 14.7 Å². The first-order valence-electron chi connectivity index (χ1n) is 17.2. The lowest BCUT2D eigenvalue weighted by atomic mass is 10.0. The van der Waals surface area contributed by atoms with Crippen LogP contribution < -0.4 is 4.74 Å². The van der Waals surface area contributed by atoms with Gasteiger partial charge in [0.15, 0.2) is 0 Å². The molecule has 0 saturated carbocycles. The van der Waals surface area contributed by atoms with Crippen LogP contribution in [-0.4, -0.2) is 65.3 Å². The van der Waals surface area contributed by atoms with Gasteiger partial charge in [-0.05, 0) is 59.0 Å². The Balaban J connectivity index is 1.40. The molecule has 1 saturated heterocycles. The number of amides is 2. The van der Waals surface area contributed by atoms with E-state index in [1.165, 1.54) is 29.8 Å². The Morgan fingerprint density at radius 3 is 2.02 bits per heavy atom. The Morgan fingerprint density at radius 1 is 0.800 bits per heavy atom. The third-order valence-electron chi connectivity index (χ3n) is 8.85. The topological polar surface area (TPSA) is 53.1 Å². The van der Waals surface area contributed by atoms with Crippen LogP contribution in [0.3, 0.4) is 0 Å². The molecule has 50 heavy (non-hydrogen) atoms. The van der Waals surface area contributed by atoms with Gasteiger partial charge in [0, 0.05) is 51.8 Å². The van der Waals surface area contributed by atoms with Gasteiger partial charge < -0.3 is 14.5 Å². The van der Waals surface area contributed by atoms with Crippen molar-refractivity contribution in [3.63, 3.8) is 0 Å². The van der Waals surface area contributed by atoms with E-state index in [1.54, 1.807) is 4.90 Å². The van der Waals surface area contributed by atoms with Gasteiger partial charge >= 0.3 is 6.18 Å². The zero-order chi connectivity index (χ0) is 35.3. The number of hydrogen-bond donors (Lipinski definition) is 0. The zero-order valence-corrected chi connectivity index (χ0v) is 28.4. The summed E-state index contributed by atoms with van der Waals surface area (Å²) >= 11 is 0. The third kappa shape index (κ3) is 10.6. The fourth-order valence-corrected chi connectivity index (χ4v) is 5.96. The Hall–Kier alpha value is -4.89. The van der Waals surface area contributed by atoms with Gasteiger partial charge in [0.2, 0.25) is 11.8 Å². The van der Waals surface area contributed by atoms with E-state index in [0.29, 0.717) is 44.8 Å². The van der Waals surface area contributed by atoms with E-state index >= 15 is 0 Å². The molecular weight excluding hydrogens is 639 g/mol. The van der Waals surface area contributed by atoms with Crippen LogP contribution in [0.5, 0.6) is 5.75 Å². The van der Waals surface area contributed by atoms with Gasteiger partial charge in [-0.15, -0.1) is 0 Å². The average molecular weight is 684 g/mol. The van der Waals surface area contributed by atoms with E-state index in [-0.39, 0.29) is 12.5 Å². The van der Waals surface area contributed by atoms with Gasteiger partial charge in [-0.1, -0.05) is 98.3 Å². The zero-order valence-electron chi connectivity index (χ0n) is 28.4. The van der Waals surface area contributed by atoms with E-state index in [0.717, 1.165) is 48.4 Å². The standard InChI is InChI=1S/C41H44F3N3O3/c1-2-3-28-50-37-21-16-35(17-22-37)31-47(39(48)23-18-32-14-19-36(20-15-32)41(42,43)44)38(29-33-10-6-4-7-11-33)40(49)46-26-24-45(25-27-46)30-34-12-8-5-9-13-34/h4-23,38H,2-3,24-31H2,1H3/b23-18+/t38-/m0/s1. The van der Waals surface area contributed by atoms with Gasteiger partial charge in [-0.25, -0.2) is 0 Å². The molecule has 6 nitrogen and oxygen atoms in total. The van der Waals surface area contributed by atoms with Crippen molar-refractivity contribution in [1.29, 1.82) is 0 Å². The van der Waals surface area contributed by atoms with Crippen molar-refractivity contribution < 1.29 is 27.5 Å². The van der Waals surface area contributed by atoms with E-state index < -0.39 is 23.7 Å². The summed E-state index contributed by atoms with van der Waals surface area (Å²) in [5.41, 5.74) is 2.63. The molecule has 0 radical (unpaired) electrons. The smallest absolute Gasteiger partial charge is 0.416 e. The highest BCUT2D eigenvalue weighted by Crippen LogP contribution is 2.29. The van der Waals surface area contributed by atoms with E-state index in [9.17, 15) is 22.8 Å². The maximum Gasteiger partial charge on any atom is 0.416 e. The highest BCUT2D eigenvalue weighted by Gasteiger charge is 2.34. The first-order valence-corrected chi connectivity index (χ1v) is 17.2. The lowest BCUT2D eigenvalue weighted by molar-refractivity contribution is -0.145. The molecule has 1 fully saturated rings. The molecule has 2 amide bonds. The first-order chi connectivity index (χ1) is 24.2. The number of carbonyl (C=O) groups is 2. The summed E-state index contributed by atoms with van der Waals surface area (Å²) in [5.74, 6) is 0.182. The third-order valence-corrected chi connectivity index (χ3v) is 8.85. The summed E-state index contributed by atoms with van der Waals surface area (Å²) in [6.45, 7) is 6.15. The molecule has 1 aliphatic heterocycles. The van der Waals surface area contributed by atoms with Crippen LogP contribution in [0.25, 0.3) is 6.08 Å². The van der Waals surface area contributed by atoms with Crippen LogP contribution in [0, 0.1) is 0 Å². The fraction of sp³-hybridized carbons (Fsp3) is 0.317. The number of ether oxygens (including phenoxy) is 1. The number of nitrogens with zero attached hydrogens (tertiary/aromatic N) is 3. The van der Waals surface area contributed by atoms with E-state index in [2.05, 4.69) is 24.0 Å². The molecule has 5 rings (SSSR count). The molecule has 9 heteroatoms. The number of rotatable bonds is 14. The second-order valence-corrected chi connectivity index (χ2v) is 12.6. The first kappa shape index (κ1) is 36.4. The summed E-state index contributed by atoms with van der Waals surface area (Å²) in [6.07, 6.45) is 0.652. The molecule has 1 atom stereocenters. The maximum absolute atomic E-state index is 14.5. The molecule has 4 aromatic rings. The number of carbonyl (C=O) groups excluding carboxylic acids is 2. The Morgan fingerprint density at radius 2 is 1.42 bits per heavy atom. The summed E-state index contributed by atoms with van der Waals surface area (Å²) < 4.78 is 45.3. The molecule has 0 aliphatic carbocycles. The average Bonchev–Trinajstić information content (AvgIpc) is 3.13. The maximum atomic E-state index is 14.5. The van der Waals surface area contributed by atoms with Crippen LogP contribution in [0.4, 0.5) is 13.2 Å². The van der Waals surface area contributed by atoms with Crippen molar-refractivity contribution in [3.8, 4) is 5.75 Å². The number of piperazine rings is 1. The Bertz CT molecular complexity index is 1670. The second kappa shape index (κ2) is 17.7. The van der Waals surface area contributed by atoms with Crippen molar-refractivity contribution in [2.45, 2.75) is 51.5 Å². The lowest BCUT2D eigenvalue weighted by Gasteiger charge is -2.39. The number of unbranched alkanes of at least 4 members (excludes halogenated alkanes) is 1. The molecule has 0 spiro atoms. The van der Waals surface area contributed by atoms with Crippen LogP contribution in [0.15, 0.2) is 115 Å². The quantitative estimate of drug-likeness (QED) is 0.100. The number of halogens is 3. The van der Waals surface area contributed by atoms with Gasteiger partial charge in [0.25, 0.3) is 0 Å². The predicted octanol–water partition coefficient (Wildman–Crippen LogP) is 7.88. The monoisotopic (exact) mass is 683 g/mol. The summed E-state index contributed by atoms with van der Waals surface area (Å²) in [4.78, 5) is 34.3. The minimum Gasteiger partial charge on any atom is -0.494 e. The molecule has 4 aromatic carbocycles. The Labute approximate surface area is 292 Å². The summed E-state index contributed by atoms with van der Waals surface area (Å²) in [5, 5.41) is 0. The van der Waals surface area contributed by atoms with Gasteiger partial charge in [0.05, 0.1) is 12.2 Å². The van der Waals surface area contributed by atoms with E-state index in [1.807, 2.05) is 77.7 Å². The molecule has 1 aliphatic rings.